The zero-order valence-electron chi connectivity index (χ0n) is 12.8. The van der Waals surface area contributed by atoms with Gasteiger partial charge in [-0.05, 0) is 18.4 Å². The minimum atomic E-state index is -3.49. The van der Waals surface area contributed by atoms with E-state index >= 15 is 0 Å². The Kier molecular flexibility index (Phi) is 6.04. The molecule has 1 aromatic rings. The quantitative estimate of drug-likeness (QED) is 0.610. The first-order chi connectivity index (χ1) is 10.1. The molecule has 0 radical (unpaired) electrons. The summed E-state index contributed by atoms with van der Waals surface area (Å²) in [5.41, 5.74) is 0.675. The molecular weight excluding hydrogens is 308 g/mol. The third-order valence-electron chi connectivity index (χ3n) is 2.88. The Hall–Kier alpha value is -1.96. The summed E-state index contributed by atoms with van der Waals surface area (Å²) in [6, 6.07) is 4.32. The lowest BCUT2D eigenvalue weighted by Crippen LogP contribution is -2.26. The molecule has 22 heavy (non-hydrogen) atoms. The molecule has 0 bridgehead atoms. The van der Waals surface area contributed by atoms with E-state index in [2.05, 4.69) is 5.32 Å². The first kappa shape index (κ1) is 18.1. The van der Waals surface area contributed by atoms with Crippen molar-refractivity contribution in [1.29, 1.82) is 0 Å². The summed E-state index contributed by atoms with van der Waals surface area (Å²) in [4.78, 5) is 22.2. The number of nitro benzene ring substituents is 1. The summed E-state index contributed by atoms with van der Waals surface area (Å²) >= 11 is 0. The predicted molar refractivity (Wildman–Crippen MR) is 84.6 cm³/mol. The number of sulfone groups is 1. The van der Waals surface area contributed by atoms with Crippen molar-refractivity contribution >= 4 is 27.1 Å². The van der Waals surface area contributed by atoms with Crippen LogP contribution >= 0.6 is 0 Å². The van der Waals surface area contributed by atoms with Crippen LogP contribution in [0.3, 0.4) is 0 Å². The Morgan fingerprint density at radius 2 is 2.00 bits per heavy atom. The molecule has 7 nitrogen and oxygen atoms in total. The van der Waals surface area contributed by atoms with Crippen molar-refractivity contribution in [2.45, 2.75) is 27.2 Å². The van der Waals surface area contributed by atoms with E-state index in [0.29, 0.717) is 12.0 Å². The lowest BCUT2D eigenvalue weighted by molar-refractivity contribution is -0.385. The summed E-state index contributed by atoms with van der Waals surface area (Å²) < 4.78 is 23.5. The molecule has 1 aromatic carbocycles. The smallest absolute Gasteiger partial charge is 0.274 e. The summed E-state index contributed by atoms with van der Waals surface area (Å²) in [5, 5.41) is 13.4. The van der Waals surface area contributed by atoms with Gasteiger partial charge < -0.3 is 5.32 Å². The van der Waals surface area contributed by atoms with Crippen molar-refractivity contribution in [3.8, 4) is 0 Å². The highest BCUT2D eigenvalue weighted by Crippen LogP contribution is 2.23. The fourth-order valence-corrected chi connectivity index (χ4v) is 3.68. The van der Waals surface area contributed by atoms with E-state index in [4.69, 9.17) is 0 Å². The molecule has 1 N–H and O–H groups in total. The van der Waals surface area contributed by atoms with Crippen molar-refractivity contribution < 1.29 is 18.1 Å². The van der Waals surface area contributed by atoms with E-state index in [1.807, 2.05) is 0 Å². The third kappa shape index (κ3) is 5.44. The minimum Gasteiger partial charge on any atom is -0.325 e. The number of amides is 1. The third-order valence-corrected chi connectivity index (χ3v) is 4.76. The van der Waals surface area contributed by atoms with Crippen molar-refractivity contribution in [3.05, 3.63) is 33.9 Å². The Balaban J connectivity index is 2.85. The second-order valence-electron chi connectivity index (χ2n) is 5.45. The van der Waals surface area contributed by atoms with Crippen LogP contribution in [0.4, 0.5) is 11.4 Å². The molecule has 0 aromatic heterocycles. The van der Waals surface area contributed by atoms with Crippen LogP contribution in [0.25, 0.3) is 0 Å². The van der Waals surface area contributed by atoms with Gasteiger partial charge in [-0.15, -0.1) is 0 Å². The molecular formula is C14H20N2O5S. The molecule has 0 saturated heterocycles. The van der Waals surface area contributed by atoms with Gasteiger partial charge in [0, 0.05) is 17.3 Å². The van der Waals surface area contributed by atoms with E-state index < -0.39 is 26.4 Å². The zero-order chi connectivity index (χ0) is 16.9. The second-order valence-corrected chi connectivity index (χ2v) is 7.56. The van der Waals surface area contributed by atoms with Gasteiger partial charge in [-0.2, -0.15) is 0 Å². The van der Waals surface area contributed by atoms with Gasteiger partial charge in [-0.1, -0.05) is 26.8 Å². The van der Waals surface area contributed by atoms with Crippen LogP contribution in [0.2, 0.25) is 0 Å². The monoisotopic (exact) mass is 328 g/mol. The maximum atomic E-state index is 11.8. The number of hydrogen-bond donors (Lipinski definition) is 1. The number of nitrogens with zero attached hydrogens (tertiary/aromatic N) is 1. The second kappa shape index (κ2) is 7.35. The number of rotatable bonds is 7. The highest BCUT2D eigenvalue weighted by molar-refractivity contribution is 7.92. The minimum absolute atomic E-state index is 0.0669. The Morgan fingerprint density at radius 3 is 2.50 bits per heavy atom. The maximum absolute atomic E-state index is 11.8. The molecule has 1 rings (SSSR count). The zero-order valence-corrected chi connectivity index (χ0v) is 13.6. The van der Waals surface area contributed by atoms with Crippen LogP contribution in [-0.4, -0.2) is 30.8 Å². The molecule has 0 saturated carbocycles. The number of benzene rings is 1. The van der Waals surface area contributed by atoms with Gasteiger partial charge in [0.1, 0.15) is 5.75 Å². The predicted octanol–water partition coefficient (Wildman–Crippen LogP) is 2.17. The van der Waals surface area contributed by atoms with Gasteiger partial charge in [0.15, 0.2) is 9.84 Å². The highest BCUT2D eigenvalue weighted by atomic mass is 32.2. The number of carbonyl (C=O) groups is 1. The normalized spacial score (nSPS) is 11.5. The van der Waals surface area contributed by atoms with Crippen LogP contribution < -0.4 is 5.32 Å². The fourth-order valence-electron chi connectivity index (χ4n) is 2.07. The Labute approximate surface area is 129 Å². The lowest BCUT2D eigenvalue weighted by atomic mass is 10.1. The summed E-state index contributed by atoms with van der Waals surface area (Å²) in [6.45, 7) is 5.30. The van der Waals surface area contributed by atoms with Gasteiger partial charge in [-0.3, -0.25) is 14.9 Å². The largest absolute Gasteiger partial charge is 0.325 e. The summed E-state index contributed by atoms with van der Waals surface area (Å²) in [7, 11) is -3.49. The molecule has 0 aliphatic heterocycles. The average molecular weight is 328 g/mol. The highest BCUT2D eigenvalue weighted by Gasteiger charge is 2.19. The van der Waals surface area contributed by atoms with Crippen LogP contribution in [0.15, 0.2) is 18.2 Å². The number of nitrogens with one attached hydrogen (secondary N) is 1. The number of hydrogen-bond acceptors (Lipinski definition) is 5. The summed E-state index contributed by atoms with van der Waals surface area (Å²) in [5.74, 6) is -1.47. The molecule has 0 heterocycles. The topological polar surface area (TPSA) is 106 Å². The van der Waals surface area contributed by atoms with E-state index in [1.165, 1.54) is 12.1 Å². The van der Waals surface area contributed by atoms with Crippen molar-refractivity contribution in [2.24, 2.45) is 5.92 Å². The molecule has 0 aliphatic rings. The van der Waals surface area contributed by atoms with Crippen molar-refractivity contribution in [2.75, 3.05) is 16.8 Å². The molecule has 0 unspecified atom stereocenters. The first-order valence-electron chi connectivity index (χ1n) is 6.92. The van der Waals surface area contributed by atoms with E-state index in [9.17, 15) is 23.3 Å². The molecule has 1 amide bonds. The number of nitro groups is 1. The van der Waals surface area contributed by atoms with Crippen LogP contribution in [-0.2, 0) is 21.1 Å². The molecule has 8 heteroatoms. The molecule has 122 valence electrons. The van der Waals surface area contributed by atoms with Crippen molar-refractivity contribution in [1.82, 2.24) is 0 Å². The SMILES string of the molecule is CCc1ccc(NC(=O)CS(=O)(=O)CC(C)C)cc1[N+](=O)[O-]. The van der Waals surface area contributed by atoms with Crippen molar-refractivity contribution in [3.63, 3.8) is 0 Å². The molecule has 0 spiro atoms. The van der Waals surface area contributed by atoms with Gasteiger partial charge >= 0.3 is 0 Å². The lowest BCUT2D eigenvalue weighted by Gasteiger charge is -2.09. The van der Waals surface area contributed by atoms with Gasteiger partial charge in [0.2, 0.25) is 5.91 Å². The maximum Gasteiger partial charge on any atom is 0.274 e. The first-order valence-corrected chi connectivity index (χ1v) is 8.74. The van der Waals surface area contributed by atoms with Gasteiger partial charge in [0.25, 0.3) is 5.69 Å². The van der Waals surface area contributed by atoms with E-state index in [0.717, 1.165) is 0 Å². The molecule has 0 atom stereocenters. The van der Waals surface area contributed by atoms with Crippen LogP contribution in [0.5, 0.6) is 0 Å². The van der Waals surface area contributed by atoms with E-state index in [1.54, 1.807) is 26.8 Å². The standard InChI is InChI=1S/C14H20N2O5S/c1-4-11-5-6-12(7-13(11)16(18)19)15-14(17)9-22(20,21)8-10(2)3/h5-7,10H,4,8-9H2,1-3H3,(H,15,17). The number of carbonyl (C=O) groups excluding carboxylic acids is 1. The number of aryl methyl sites for hydroxylation is 1. The number of anilines is 1. The fraction of sp³-hybridized carbons (Fsp3) is 0.500. The van der Waals surface area contributed by atoms with Crippen LogP contribution in [0, 0.1) is 16.0 Å². The Morgan fingerprint density at radius 1 is 1.36 bits per heavy atom. The molecule has 0 fully saturated rings. The average Bonchev–Trinajstić information content (AvgIpc) is 2.35. The van der Waals surface area contributed by atoms with Gasteiger partial charge in [0.05, 0.1) is 10.7 Å². The van der Waals surface area contributed by atoms with Crippen LogP contribution in [0.1, 0.15) is 26.3 Å². The van der Waals surface area contributed by atoms with Gasteiger partial charge in [-0.25, -0.2) is 8.42 Å². The summed E-state index contributed by atoms with van der Waals surface area (Å²) in [6.07, 6.45) is 0.493. The van der Waals surface area contributed by atoms with E-state index in [-0.39, 0.29) is 23.0 Å². The molecule has 0 aliphatic carbocycles. The Bertz CT molecular complexity index is 668.